The van der Waals surface area contributed by atoms with E-state index in [-0.39, 0.29) is 0 Å². The van der Waals surface area contributed by atoms with Crippen LogP contribution in [-0.4, -0.2) is 12.6 Å². The average molecular weight is 193 g/mol. The summed E-state index contributed by atoms with van der Waals surface area (Å²) in [6.45, 7) is 3.82. The maximum atomic E-state index is 3.71. The minimum absolute atomic E-state index is 0.806. The summed E-state index contributed by atoms with van der Waals surface area (Å²) in [6, 6.07) is 0.909. The van der Waals surface area contributed by atoms with Crippen LogP contribution in [0.5, 0.6) is 0 Å². The van der Waals surface area contributed by atoms with E-state index < -0.39 is 0 Å². The normalized spacial score (nSPS) is 46.9. The fraction of sp³-hybridized carbons (Fsp3) is 1.00. The molecule has 0 amide bonds. The highest BCUT2D eigenvalue weighted by molar-refractivity contribution is 5.07. The number of hydrogen-bond acceptors (Lipinski definition) is 1. The lowest BCUT2D eigenvalue weighted by molar-refractivity contribution is 0.208. The van der Waals surface area contributed by atoms with Crippen LogP contribution in [0.1, 0.15) is 51.9 Å². The predicted octanol–water partition coefficient (Wildman–Crippen LogP) is 2.95. The average Bonchev–Trinajstić information content (AvgIpc) is 3.05. The topological polar surface area (TPSA) is 12.0 Å². The van der Waals surface area contributed by atoms with E-state index in [2.05, 4.69) is 12.2 Å². The van der Waals surface area contributed by atoms with Crippen LogP contribution in [0, 0.1) is 17.3 Å². The third-order valence-electron chi connectivity index (χ3n) is 5.02. The molecule has 3 saturated carbocycles. The van der Waals surface area contributed by atoms with E-state index in [1.807, 2.05) is 0 Å². The molecule has 0 bridgehead atoms. The molecule has 0 aromatic carbocycles. The van der Waals surface area contributed by atoms with Crippen molar-refractivity contribution >= 4 is 0 Å². The Bertz CT molecular complexity index is 221. The van der Waals surface area contributed by atoms with Gasteiger partial charge in [0.2, 0.25) is 0 Å². The third-order valence-corrected chi connectivity index (χ3v) is 5.02. The Morgan fingerprint density at radius 3 is 2.79 bits per heavy atom. The Hall–Kier alpha value is -0.0400. The van der Waals surface area contributed by atoms with E-state index >= 15 is 0 Å². The molecule has 0 radical (unpaired) electrons. The molecule has 0 aromatic rings. The molecule has 1 spiro atoms. The van der Waals surface area contributed by atoms with Crippen LogP contribution in [0.4, 0.5) is 0 Å². The number of nitrogens with one attached hydrogen (secondary N) is 1. The van der Waals surface area contributed by atoms with Crippen LogP contribution in [0.15, 0.2) is 0 Å². The van der Waals surface area contributed by atoms with Gasteiger partial charge < -0.3 is 5.32 Å². The molecular formula is C13H23N. The van der Waals surface area contributed by atoms with Gasteiger partial charge >= 0.3 is 0 Å². The third kappa shape index (κ3) is 1.50. The van der Waals surface area contributed by atoms with Crippen molar-refractivity contribution in [1.29, 1.82) is 0 Å². The van der Waals surface area contributed by atoms with E-state index in [0.29, 0.717) is 0 Å². The van der Waals surface area contributed by atoms with Gasteiger partial charge in [-0.3, -0.25) is 0 Å². The van der Waals surface area contributed by atoms with E-state index in [4.69, 9.17) is 0 Å². The summed E-state index contributed by atoms with van der Waals surface area (Å²) in [4.78, 5) is 0. The molecule has 1 N–H and O–H groups in total. The molecule has 3 atom stereocenters. The van der Waals surface area contributed by atoms with Gasteiger partial charge in [-0.1, -0.05) is 26.2 Å². The van der Waals surface area contributed by atoms with Crippen molar-refractivity contribution in [3.8, 4) is 0 Å². The molecule has 3 fully saturated rings. The van der Waals surface area contributed by atoms with E-state index in [1.54, 1.807) is 0 Å². The van der Waals surface area contributed by atoms with Crippen molar-refractivity contribution in [1.82, 2.24) is 5.32 Å². The number of rotatable bonds is 3. The summed E-state index contributed by atoms with van der Waals surface area (Å²) in [5, 5.41) is 3.71. The zero-order valence-electron chi connectivity index (χ0n) is 9.39. The van der Waals surface area contributed by atoms with Gasteiger partial charge in [-0.15, -0.1) is 0 Å². The molecule has 3 unspecified atom stereocenters. The molecule has 3 rings (SSSR count). The smallest absolute Gasteiger partial charge is 0.00683 e. The second kappa shape index (κ2) is 3.23. The first-order valence-electron chi connectivity index (χ1n) is 6.55. The highest BCUT2D eigenvalue weighted by Gasteiger charge is 2.56. The second-order valence-corrected chi connectivity index (χ2v) is 5.96. The van der Waals surface area contributed by atoms with Crippen LogP contribution in [0.25, 0.3) is 0 Å². The standard InChI is InChI=1S/C13H23N/c1-10-4-2-3-7-13(10)8-11(13)9-14-12-5-6-12/h10-12,14H,2-9H2,1H3. The molecule has 1 nitrogen and oxygen atoms in total. The summed E-state index contributed by atoms with van der Waals surface area (Å²) in [7, 11) is 0. The first-order valence-corrected chi connectivity index (χ1v) is 6.55. The van der Waals surface area contributed by atoms with E-state index in [1.165, 1.54) is 51.5 Å². The largest absolute Gasteiger partial charge is 0.314 e. The van der Waals surface area contributed by atoms with Gasteiger partial charge in [-0.05, 0) is 49.5 Å². The first-order chi connectivity index (χ1) is 6.81. The van der Waals surface area contributed by atoms with Crippen molar-refractivity contribution in [3.63, 3.8) is 0 Å². The fourth-order valence-electron chi connectivity index (χ4n) is 3.62. The van der Waals surface area contributed by atoms with Crippen molar-refractivity contribution in [3.05, 3.63) is 0 Å². The highest BCUT2D eigenvalue weighted by atomic mass is 15.0. The monoisotopic (exact) mass is 193 g/mol. The minimum atomic E-state index is 0.806. The lowest BCUT2D eigenvalue weighted by Gasteiger charge is -2.30. The summed E-state index contributed by atoms with van der Waals surface area (Å²) in [5.74, 6) is 2.06. The Labute approximate surface area is 87.7 Å². The minimum Gasteiger partial charge on any atom is -0.314 e. The van der Waals surface area contributed by atoms with Crippen LogP contribution in [0.3, 0.4) is 0 Å². The van der Waals surface area contributed by atoms with Crippen molar-refractivity contribution in [2.75, 3.05) is 6.54 Å². The van der Waals surface area contributed by atoms with Crippen molar-refractivity contribution < 1.29 is 0 Å². The van der Waals surface area contributed by atoms with Gasteiger partial charge in [0.25, 0.3) is 0 Å². The molecule has 0 heterocycles. The zero-order valence-corrected chi connectivity index (χ0v) is 9.39. The second-order valence-electron chi connectivity index (χ2n) is 5.96. The SMILES string of the molecule is CC1CCCCC12CC2CNC1CC1. The van der Waals surface area contributed by atoms with Gasteiger partial charge in [-0.25, -0.2) is 0 Å². The first kappa shape index (κ1) is 9.21. The maximum Gasteiger partial charge on any atom is 0.00683 e. The summed E-state index contributed by atoms with van der Waals surface area (Å²) in [5.41, 5.74) is 0.806. The van der Waals surface area contributed by atoms with Crippen LogP contribution < -0.4 is 5.32 Å². The van der Waals surface area contributed by atoms with Crippen molar-refractivity contribution in [2.24, 2.45) is 17.3 Å². The van der Waals surface area contributed by atoms with Gasteiger partial charge in [0.15, 0.2) is 0 Å². The molecule has 1 heteroatoms. The maximum absolute atomic E-state index is 3.71. The van der Waals surface area contributed by atoms with E-state index in [0.717, 1.165) is 23.3 Å². The van der Waals surface area contributed by atoms with Crippen LogP contribution in [0.2, 0.25) is 0 Å². The van der Waals surface area contributed by atoms with Gasteiger partial charge in [-0.2, -0.15) is 0 Å². The Morgan fingerprint density at radius 2 is 2.07 bits per heavy atom. The Morgan fingerprint density at radius 1 is 1.21 bits per heavy atom. The predicted molar refractivity (Wildman–Crippen MR) is 59.2 cm³/mol. The molecule has 0 aromatic heterocycles. The van der Waals surface area contributed by atoms with Gasteiger partial charge in [0.05, 0.1) is 0 Å². The molecule has 14 heavy (non-hydrogen) atoms. The number of hydrogen-bond donors (Lipinski definition) is 1. The molecular weight excluding hydrogens is 170 g/mol. The molecule has 3 aliphatic carbocycles. The van der Waals surface area contributed by atoms with Crippen LogP contribution in [-0.2, 0) is 0 Å². The fourth-order valence-corrected chi connectivity index (χ4v) is 3.62. The summed E-state index contributed by atoms with van der Waals surface area (Å²) >= 11 is 0. The Balaban J connectivity index is 1.52. The quantitative estimate of drug-likeness (QED) is 0.726. The van der Waals surface area contributed by atoms with Crippen LogP contribution >= 0.6 is 0 Å². The van der Waals surface area contributed by atoms with E-state index in [9.17, 15) is 0 Å². The lowest BCUT2D eigenvalue weighted by atomic mass is 9.76. The lowest BCUT2D eigenvalue weighted by Crippen LogP contribution is -2.26. The molecule has 0 saturated heterocycles. The Kier molecular flexibility index (Phi) is 2.12. The van der Waals surface area contributed by atoms with Gasteiger partial charge in [0, 0.05) is 6.04 Å². The zero-order chi connectivity index (χ0) is 9.60. The van der Waals surface area contributed by atoms with Gasteiger partial charge in [0.1, 0.15) is 0 Å². The summed E-state index contributed by atoms with van der Waals surface area (Å²) < 4.78 is 0. The van der Waals surface area contributed by atoms with Crippen molar-refractivity contribution in [2.45, 2.75) is 57.9 Å². The summed E-state index contributed by atoms with van der Waals surface area (Å²) in [6.07, 6.45) is 10.4. The molecule has 0 aliphatic heterocycles. The molecule has 3 aliphatic rings. The highest BCUT2D eigenvalue weighted by Crippen LogP contribution is 2.63. The molecule has 80 valence electrons.